The number of H-pyrrole nitrogens is 1. The molecule has 0 spiro atoms. The minimum absolute atomic E-state index is 0.731. The molecule has 1 saturated carbocycles. The first-order valence-electron chi connectivity index (χ1n) is 6.16. The van der Waals surface area contributed by atoms with Gasteiger partial charge in [-0.3, -0.25) is 5.10 Å². The van der Waals surface area contributed by atoms with Gasteiger partial charge in [0.1, 0.15) is 0 Å². The number of rotatable bonds is 4. The molecule has 0 saturated heterocycles. The van der Waals surface area contributed by atoms with Gasteiger partial charge in [-0.15, -0.1) is 0 Å². The summed E-state index contributed by atoms with van der Waals surface area (Å²) in [4.78, 5) is 0. The average molecular weight is 227 g/mol. The summed E-state index contributed by atoms with van der Waals surface area (Å²) in [5.74, 6) is 0. The fourth-order valence-corrected chi connectivity index (χ4v) is 2.07. The third kappa shape index (κ3) is 2.24. The van der Waals surface area contributed by atoms with E-state index in [2.05, 4.69) is 46.7 Å². The average Bonchev–Trinajstić information content (AvgIpc) is 3.06. The highest BCUT2D eigenvalue weighted by molar-refractivity contribution is 5.66. The molecule has 3 rings (SSSR count). The van der Waals surface area contributed by atoms with E-state index < -0.39 is 0 Å². The van der Waals surface area contributed by atoms with Crippen LogP contribution in [-0.4, -0.2) is 16.2 Å². The molecule has 88 valence electrons. The van der Waals surface area contributed by atoms with Crippen LogP contribution in [0.3, 0.4) is 0 Å². The van der Waals surface area contributed by atoms with Crippen molar-refractivity contribution in [1.29, 1.82) is 0 Å². The lowest BCUT2D eigenvalue weighted by atomic mass is 10.0. The van der Waals surface area contributed by atoms with Crippen LogP contribution in [0.1, 0.15) is 24.0 Å². The maximum absolute atomic E-state index is 4.17. The van der Waals surface area contributed by atoms with Crippen molar-refractivity contribution in [3.63, 3.8) is 0 Å². The van der Waals surface area contributed by atoms with Crippen molar-refractivity contribution in [2.45, 2.75) is 32.4 Å². The molecule has 1 heterocycles. The zero-order valence-electron chi connectivity index (χ0n) is 10.0. The van der Waals surface area contributed by atoms with Gasteiger partial charge in [-0.2, -0.15) is 5.10 Å². The Morgan fingerprint density at radius 3 is 2.94 bits per heavy atom. The van der Waals surface area contributed by atoms with Crippen molar-refractivity contribution >= 4 is 0 Å². The van der Waals surface area contributed by atoms with Gasteiger partial charge < -0.3 is 5.32 Å². The smallest absolute Gasteiger partial charge is 0.0697 e. The molecule has 0 atom stereocenters. The number of aromatic nitrogens is 2. The van der Waals surface area contributed by atoms with E-state index in [0.717, 1.165) is 18.3 Å². The molecule has 3 heteroatoms. The van der Waals surface area contributed by atoms with Gasteiger partial charge in [0.05, 0.1) is 11.9 Å². The van der Waals surface area contributed by atoms with Crippen LogP contribution in [0.5, 0.6) is 0 Å². The molecule has 1 aliphatic rings. The SMILES string of the molecule is Cc1ccccc1-c1[nH]ncc1CNC1CC1. The largest absolute Gasteiger partial charge is 0.310 e. The summed E-state index contributed by atoms with van der Waals surface area (Å²) < 4.78 is 0. The fraction of sp³-hybridized carbons (Fsp3) is 0.357. The predicted molar refractivity (Wildman–Crippen MR) is 68.6 cm³/mol. The minimum Gasteiger partial charge on any atom is -0.310 e. The summed E-state index contributed by atoms with van der Waals surface area (Å²) in [5.41, 5.74) is 4.93. The summed E-state index contributed by atoms with van der Waals surface area (Å²) in [6.45, 7) is 3.04. The molecule has 1 aliphatic carbocycles. The Labute approximate surface area is 101 Å². The number of nitrogens with one attached hydrogen (secondary N) is 2. The van der Waals surface area contributed by atoms with Crippen LogP contribution >= 0.6 is 0 Å². The standard InChI is InChI=1S/C14H17N3/c1-10-4-2-3-5-13(10)14-11(9-16-17-14)8-15-12-6-7-12/h2-5,9,12,15H,6-8H2,1H3,(H,16,17). The van der Waals surface area contributed by atoms with Crippen LogP contribution in [0.15, 0.2) is 30.5 Å². The van der Waals surface area contributed by atoms with Gasteiger partial charge in [-0.05, 0) is 25.3 Å². The molecule has 2 aromatic rings. The van der Waals surface area contributed by atoms with E-state index >= 15 is 0 Å². The van der Waals surface area contributed by atoms with Crippen LogP contribution < -0.4 is 5.32 Å². The number of hydrogen-bond acceptors (Lipinski definition) is 2. The normalized spacial score (nSPS) is 15.1. The maximum Gasteiger partial charge on any atom is 0.0697 e. The van der Waals surface area contributed by atoms with Crippen LogP contribution in [0.2, 0.25) is 0 Å². The van der Waals surface area contributed by atoms with Crippen molar-refractivity contribution in [3.05, 3.63) is 41.6 Å². The number of hydrogen-bond donors (Lipinski definition) is 2. The summed E-state index contributed by atoms with van der Waals surface area (Å²) in [5, 5.41) is 10.8. The third-order valence-corrected chi connectivity index (χ3v) is 3.29. The van der Waals surface area contributed by atoms with Crippen LogP contribution in [0.4, 0.5) is 0 Å². The lowest BCUT2D eigenvalue weighted by Crippen LogP contribution is -2.15. The monoisotopic (exact) mass is 227 g/mol. The molecule has 3 nitrogen and oxygen atoms in total. The molecule has 1 fully saturated rings. The topological polar surface area (TPSA) is 40.7 Å². The first-order valence-corrected chi connectivity index (χ1v) is 6.16. The van der Waals surface area contributed by atoms with Crippen LogP contribution in [0.25, 0.3) is 11.3 Å². The zero-order chi connectivity index (χ0) is 11.7. The Bertz CT molecular complexity index is 512. The van der Waals surface area contributed by atoms with Crippen LogP contribution in [-0.2, 0) is 6.54 Å². The zero-order valence-corrected chi connectivity index (χ0v) is 10.0. The Morgan fingerprint density at radius 2 is 2.18 bits per heavy atom. The highest BCUT2D eigenvalue weighted by Gasteiger charge is 2.21. The highest BCUT2D eigenvalue weighted by Crippen LogP contribution is 2.25. The molecule has 1 aromatic carbocycles. The first-order chi connectivity index (χ1) is 8.34. The van der Waals surface area contributed by atoms with Gasteiger partial charge in [0.2, 0.25) is 0 Å². The van der Waals surface area contributed by atoms with Crippen molar-refractivity contribution < 1.29 is 0 Å². The highest BCUT2D eigenvalue weighted by atomic mass is 15.1. The van der Waals surface area contributed by atoms with Gasteiger partial charge in [-0.25, -0.2) is 0 Å². The number of aryl methyl sites for hydroxylation is 1. The van der Waals surface area contributed by atoms with Crippen molar-refractivity contribution in [2.75, 3.05) is 0 Å². The summed E-state index contributed by atoms with van der Waals surface area (Å²) in [7, 11) is 0. The number of nitrogens with zero attached hydrogens (tertiary/aromatic N) is 1. The Balaban J connectivity index is 1.86. The Hall–Kier alpha value is -1.61. The van der Waals surface area contributed by atoms with Crippen molar-refractivity contribution in [2.24, 2.45) is 0 Å². The maximum atomic E-state index is 4.17. The second-order valence-corrected chi connectivity index (χ2v) is 4.74. The predicted octanol–water partition coefficient (Wildman–Crippen LogP) is 2.64. The van der Waals surface area contributed by atoms with Crippen LogP contribution in [0, 0.1) is 6.92 Å². The van der Waals surface area contributed by atoms with Gasteiger partial charge in [0.15, 0.2) is 0 Å². The lowest BCUT2D eigenvalue weighted by molar-refractivity contribution is 0.689. The second-order valence-electron chi connectivity index (χ2n) is 4.74. The van der Waals surface area contributed by atoms with Crippen molar-refractivity contribution in [3.8, 4) is 11.3 Å². The van der Waals surface area contributed by atoms with E-state index in [0.29, 0.717) is 0 Å². The van der Waals surface area contributed by atoms with E-state index in [9.17, 15) is 0 Å². The van der Waals surface area contributed by atoms with Gasteiger partial charge in [0, 0.05) is 23.7 Å². The fourth-order valence-electron chi connectivity index (χ4n) is 2.07. The molecule has 0 aliphatic heterocycles. The molecule has 0 bridgehead atoms. The molecule has 0 unspecified atom stereocenters. The van der Waals surface area contributed by atoms with E-state index in [-0.39, 0.29) is 0 Å². The molecule has 17 heavy (non-hydrogen) atoms. The minimum atomic E-state index is 0.731. The quantitative estimate of drug-likeness (QED) is 0.843. The second kappa shape index (κ2) is 4.34. The van der Waals surface area contributed by atoms with Gasteiger partial charge in [0.25, 0.3) is 0 Å². The molecule has 0 amide bonds. The summed E-state index contributed by atoms with van der Waals surface area (Å²) in [6, 6.07) is 9.14. The van der Waals surface area contributed by atoms with E-state index in [1.165, 1.54) is 29.5 Å². The van der Waals surface area contributed by atoms with E-state index in [4.69, 9.17) is 0 Å². The molecular formula is C14H17N3. The van der Waals surface area contributed by atoms with Crippen molar-refractivity contribution in [1.82, 2.24) is 15.5 Å². The lowest BCUT2D eigenvalue weighted by Gasteiger charge is -2.07. The van der Waals surface area contributed by atoms with Gasteiger partial charge >= 0.3 is 0 Å². The van der Waals surface area contributed by atoms with E-state index in [1.54, 1.807) is 0 Å². The van der Waals surface area contributed by atoms with Gasteiger partial charge in [-0.1, -0.05) is 24.3 Å². The Morgan fingerprint density at radius 1 is 1.35 bits per heavy atom. The Kier molecular flexibility index (Phi) is 2.69. The first kappa shape index (κ1) is 10.5. The third-order valence-electron chi connectivity index (χ3n) is 3.29. The molecule has 2 N–H and O–H groups in total. The van der Waals surface area contributed by atoms with E-state index in [1.807, 2.05) is 6.20 Å². The molecule has 1 aromatic heterocycles. The summed E-state index contributed by atoms with van der Waals surface area (Å²) >= 11 is 0. The number of benzene rings is 1. The molecular weight excluding hydrogens is 210 g/mol. The molecule has 0 radical (unpaired) electrons. The summed E-state index contributed by atoms with van der Waals surface area (Å²) in [6.07, 6.45) is 4.56. The number of aromatic amines is 1.